The number of para-hydroxylation sites is 2. The topological polar surface area (TPSA) is 95.8 Å². The van der Waals surface area contributed by atoms with Gasteiger partial charge in [0.1, 0.15) is 5.69 Å². The summed E-state index contributed by atoms with van der Waals surface area (Å²) in [7, 11) is 1.82. The van der Waals surface area contributed by atoms with Crippen molar-refractivity contribution in [2.24, 2.45) is 13.0 Å². The van der Waals surface area contributed by atoms with Crippen LogP contribution in [0.2, 0.25) is 0 Å². The van der Waals surface area contributed by atoms with Crippen molar-refractivity contribution in [1.82, 2.24) is 35.1 Å². The van der Waals surface area contributed by atoms with E-state index in [0.29, 0.717) is 24.0 Å². The number of tetrazole rings is 1. The molecule has 5 rings (SSSR count). The number of benzene rings is 2. The van der Waals surface area contributed by atoms with Crippen molar-refractivity contribution < 1.29 is 0 Å². The van der Waals surface area contributed by atoms with Crippen LogP contribution in [-0.4, -0.2) is 61.3 Å². The number of fused-ring (bicyclic) bond motifs is 1. The molecule has 0 radical (unpaired) electrons. The first kappa shape index (κ1) is 22.2. The van der Waals surface area contributed by atoms with Gasteiger partial charge in [-0.3, -0.25) is 9.69 Å². The molecule has 0 atom stereocenters. The van der Waals surface area contributed by atoms with E-state index in [0.717, 1.165) is 54.9 Å². The summed E-state index contributed by atoms with van der Waals surface area (Å²) in [5, 5.41) is 14.7. The maximum absolute atomic E-state index is 12.9. The first-order chi connectivity index (χ1) is 16.5. The fourth-order valence-corrected chi connectivity index (χ4v) is 4.70. The zero-order valence-corrected chi connectivity index (χ0v) is 19.9. The molecule has 9 heteroatoms. The number of nitrogens with one attached hydrogen (secondary N) is 1. The van der Waals surface area contributed by atoms with Crippen LogP contribution in [-0.2, 0) is 20.0 Å². The number of aromatic amines is 1. The van der Waals surface area contributed by atoms with Crippen molar-refractivity contribution in [1.29, 1.82) is 0 Å². The van der Waals surface area contributed by atoms with Crippen LogP contribution in [0.5, 0.6) is 0 Å². The zero-order chi connectivity index (χ0) is 23.7. The predicted octanol–water partition coefficient (Wildman–Crippen LogP) is 2.63. The summed E-state index contributed by atoms with van der Waals surface area (Å²) < 4.78 is 1.70. The normalized spacial score (nSPS) is 14.9. The number of nitrogens with zero attached hydrogens (tertiary/aromatic N) is 7. The van der Waals surface area contributed by atoms with Gasteiger partial charge in [-0.05, 0) is 47.4 Å². The zero-order valence-electron chi connectivity index (χ0n) is 19.9. The second-order valence-corrected chi connectivity index (χ2v) is 9.36. The Balaban J connectivity index is 1.35. The van der Waals surface area contributed by atoms with E-state index < -0.39 is 0 Å². The van der Waals surface area contributed by atoms with Crippen LogP contribution in [0, 0.1) is 5.92 Å². The minimum atomic E-state index is -0.0260. The molecule has 9 nitrogen and oxygen atoms in total. The van der Waals surface area contributed by atoms with E-state index in [1.807, 2.05) is 31.3 Å². The highest BCUT2D eigenvalue weighted by Crippen LogP contribution is 2.31. The van der Waals surface area contributed by atoms with Crippen LogP contribution < -0.4 is 10.5 Å². The third-order valence-corrected chi connectivity index (χ3v) is 6.43. The number of aromatic nitrogens is 6. The van der Waals surface area contributed by atoms with Gasteiger partial charge in [0.05, 0.1) is 11.0 Å². The van der Waals surface area contributed by atoms with Crippen molar-refractivity contribution in [3.05, 3.63) is 64.1 Å². The maximum Gasteiger partial charge on any atom is 0.273 e. The molecule has 0 spiro atoms. The molecule has 2 aromatic carbocycles. The highest BCUT2D eigenvalue weighted by atomic mass is 16.1. The molecule has 1 fully saturated rings. The molecule has 1 N–H and O–H groups in total. The Morgan fingerprint density at radius 2 is 1.85 bits per heavy atom. The largest absolute Gasteiger partial charge is 0.368 e. The number of rotatable bonds is 6. The van der Waals surface area contributed by atoms with Gasteiger partial charge in [-0.15, -0.1) is 10.2 Å². The van der Waals surface area contributed by atoms with Gasteiger partial charge in [0.25, 0.3) is 5.56 Å². The molecule has 0 amide bonds. The van der Waals surface area contributed by atoms with Crippen LogP contribution in [0.3, 0.4) is 0 Å². The highest BCUT2D eigenvalue weighted by molar-refractivity contribution is 5.75. The smallest absolute Gasteiger partial charge is 0.273 e. The van der Waals surface area contributed by atoms with E-state index >= 15 is 0 Å². The van der Waals surface area contributed by atoms with Crippen molar-refractivity contribution in [3.63, 3.8) is 0 Å². The van der Waals surface area contributed by atoms with Crippen LogP contribution in [0.25, 0.3) is 22.4 Å². The average Bonchev–Trinajstić information content (AvgIpc) is 3.37. The lowest BCUT2D eigenvalue weighted by atomic mass is 9.99. The van der Waals surface area contributed by atoms with Gasteiger partial charge >= 0.3 is 0 Å². The number of anilines is 1. The lowest BCUT2D eigenvalue weighted by molar-refractivity contribution is 0.246. The van der Waals surface area contributed by atoms with Crippen LogP contribution in [0.15, 0.2) is 47.3 Å². The molecule has 0 unspecified atom stereocenters. The maximum atomic E-state index is 12.9. The van der Waals surface area contributed by atoms with Gasteiger partial charge in [0.2, 0.25) is 5.82 Å². The van der Waals surface area contributed by atoms with Gasteiger partial charge < -0.3 is 9.47 Å². The average molecular weight is 459 g/mol. The van der Waals surface area contributed by atoms with E-state index in [4.69, 9.17) is 0 Å². The number of hydrogen-bond acceptors (Lipinski definition) is 7. The van der Waals surface area contributed by atoms with Gasteiger partial charge in [0, 0.05) is 51.0 Å². The first-order valence-corrected chi connectivity index (χ1v) is 11.8. The molecular formula is C25H30N8O. The number of H-pyrrole nitrogens is 1. The molecule has 1 saturated heterocycles. The molecule has 0 aliphatic carbocycles. The van der Waals surface area contributed by atoms with E-state index in [1.165, 1.54) is 5.56 Å². The van der Waals surface area contributed by atoms with E-state index in [9.17, 15) is 4.79 Å². The van der Waals surface area contributed by atoms with E-state index in [-0.39, 0.29) is 5.56 Å². The molecule has 4 aromatic rings. The second kappa shape index (κ2) is 9.34. The Kier molecular flexibility index (Phi) is 6.10. The second-order valence-electron chi connectivity index (χ2n) is 9.36. The van der Waals surface area contributed by atoms with Gasteiger partial charge in [-0.2, -0.15) is 5.21 Å². The molecule has 1 aliphatic heterocycles. The number of hydrogen-bond donors (Lipinski definition) is 1. The summed E-state index contributed by atoms with van der Waals surface area (Å²) in [6.45, 7) is 8.41. The van der Waals surface area contributed by atoms with Crippen molar-refractivity contribution in [2.45, 2.75) is 26.8 Å². The van der Waals surface area contributed by atoms with Gasteiger partial charge in [-0.1, -0.05) is 32.0 Å². The summed E-state index contributed by atoms with van der Waals surface area (Å²) in [6, 6.07) is 14.3. The summed E-state index contributed by atoms with van der Waals surface area (Å²) in [4.78, 5) is 22.3. The molecule has 0 bridgehead atoms. The third kappa shape index (κ3) is 4.43. The fraction of sp³-hybridized carbons (Fsp3) is 0.400. The quantitative estimate of drug-likeness (QED) is 0.474. The lowest BCUT2D eigenvalue weighted by Crippen LogP contribution is -2.47. The molecular weight excluding hydrogens is 428 g/mol. The third-order valence-electron chi connectivity index (χ3n) is 6.43. The number of piperazine rings is 1. The Labute approximate surface area is 198 Å². The SMILES string of the molecule is CC(C)Cc1ccc(-c2nn[nH]n2)c(N2CCN(Cc3nc4ccccc4n(C)c3=O)CC2)c1. The summed E-state index contributed by atoms with van der Waals surface area (Å²) in [5.74, 6) is 1.19. The predicted molar refractivity (Wildman–Crippen MR) is 133 cm³/mol. The van der Waals surface area contributed by atoms with E-state index in [1.54, 1.807) is 4.57 Å². The molecule has 3 heterocycles. The molecule has 1 aliphatic rings. The molecule has 0 saturated carbocycles. The Morgan fingerprint density at radius 3 is 2.59 bits per heavy atom. The van der Waals surface area contributed by atoms with Gasteiger partial charge in [-0.25, -0.2) is 4.98 Å². The highest BCUT2D eigenvalue weighted by Gasteiger charge is 2.23. The standard InChI is InChI=1S/C25H30N8O/c1-17(2)14-18-8-9-19(24-27-29-30-28-24)23(15-18)33-12-10-32(11-13-33)16-21-25(34)31(3)22-7-5-4-6-20(22)26-21/h4-9,15,17H,10-14,16H2,1-3H3,(H,27,28,29,30). The lowest BCUT2D eigenvalue weighted by Gasteiger charge is -2.36. The van der Waals surface area contributed by atoms with Crippen molar-refractivity contribution in [3.8, 4) is 11.4 Å². The van der Waals surface area contributed by atoms with Crippen LogP contribution >= 0.6 is 0 Å². The minimum absolute atomic E-state index is 0.0260. The minimum Gasteiger partial charge on any atom is -0.368 e. The summed E-state index contributed by atoms with van der Waals surface area (Å²) in [5.41, 5.74) is 5.71. The number of aryl methyl sites for hydroxylation is 1. The molecule has 176 valence electrons. The van der Waals surface area contributed by atoms with Crippen molar-refractivity contribution in [2.75, 3.05) is 31.1 Å². The van der Waals surface area contributed by atoms with Crippen molar-refractivity contribution >= 4 is 16.7 Å². The Hall–Kier alpha value is -3.59. The Morgan fingerprint density at radius 1 is 1.06 bits per heavy atom. The Bertz CT molecular complexity index is 1340. The fourth-order valence-electron chi connectivity index (χ4n) is 4.70. The molecule has 34 heavy (non-hydrogen) atoms. The van der Waals surface area contributed by atoms with Crippen LogP contribution in [0.4, 0.5) is 5.69 Å². The summed E-state index contributed by atoms with van der Waals surface area (Å²) >= 11 is 0. The monoisotopic (exact) mass is 458 g/mol. The summed E-state index contributed by atoms with van der Waals surface area (Å²) in [6.07, 6.45) is 1.02. The molecule has 2 aromatic heterocycles. The van der Waals surface area contributed by atoms with Gasteiger partial charge in [0.15, 0.2) is 0 Å². The van der Waals surface area contributed by atoms with Crippen LogP contribution in [0.1, 0.15) is 25.1 Å². The van der Waals surface area contributed by atoms with E-state index in [2.05, 4.69) is 67.5 Å². The first-order valence-electron chi connectivity index (χ1n) is 11.8.